The summed E-state index contributed by atoms with van der Waals surface area (Å²) in [5.41, 5.74) is 1.55. The molecule has 0 spiro atoms. The molecule has 138 valence electrons. The van der Waals surface area contributed by atoms with Crippen LogP contribution in [0.3, 0.4) is 0 Å². The van der Waals surface area contributed by atoms with Gasteiger partial charge < -0.3 is 5.32 Å². The first-order valence-electron chi connectivity index (χ1n) is 8.22. The molecule has 0 bridgehead atoms. The standard InChI is InChI=1S/C18H13Cl2N3O4/c19-13-5-4-9(22(24)25)8-12(13)17-11-3-1-2-10(11)16-15(23(26)27)7-6-14(20)18(16)21-17/h1-2,4-8,10-11,17,21H,3H2/t10-,11-,17+/m0/s1. The molecule has 0 saturated heterocycles. The van der Waals surface area contributed by atoms with Gasteiger partial charge in [0, 0.05) is 34.7 Å². The van der Waals surface area contributed by atoms with Crippen molar-refractivity contribution in [3.63, 3.8) is 0 Å². The minimum atomic E-state index is -0.473. The molecule has 0 amide bonds. The lowest BCUT2D eigenvalue weighted by atomic mass is 9.76. The number of hydrogen-bond acceptors (Lipinski definition) is 5. The molecule has 9 heteroatoms. The molecule has 2 aromatic rings. The predicted octanol–water partition coefficient (Wildman–Crippen LogP) is 5.64. The Morgan fingerprint density at radius 1 is 1.04 bits per heavy atom. The van der Waals surface area contributed by atoms with Gasteiger partial charge in [-0.2, -0.15) is 0 Å². The summed E-state index contributed by atoms with van der Waals surface area (Å²) in [6.07, 6.45) is 4.57. The number of fused-ring (bicyclic) bond motifs is 3. The van der Waals surface area contributed by atoms with E-state index in [0.717, 1.165) is 0 Å². The summed E-state index contributed by atoms with van der Waals surface area (Å²) in [7, 11) is 0. The molecule has 7 nitrogen and oxygen atoms in total. The van der Waals surface area contributed by atoms with Crippen LogP contribution in [0.2, 0.25) is 10.0 Å². The van der Waals surface area contributed by atoms with Gasteiger partial charge in [-0.3, -0.25) is 20.2 Å². The Kier molecular flexibility index (Phi) is 4.28. The van der Waals surface area contributed by atoms with Crippen molar-refractivity contribution in [2.45, 2.75) is 18.4 Å². The first kappa shape index (κ1) is 17.8. The number of halogens is 2. The van der Waals surface area contributed by atoms with Gasteiger partial charge in [-0.1, -0.05) is 35.4 Å². The van der Waals surface area contributed by atoms with Crippen LogP contribution in [0.15, 0.2) is 42.5 Å². The van der Waals surface area contributed by atoms with Crippen LogP contribution < -0.4 is 5.32 Å². The normalized spacial score (nSPS) is 22.7. The summed E-state index contributed by atoms with van der Waals surface area (Å²) in [4.78, 5) is 21.8. The highest BCUT2D eigenvalue weighted by Gasteiger charge is 2.43. The van der Waals surface area contributed by atoms with Crippen LogP contribution in [0.1, 0.15) is 29.5 Å². The van der Waals surface area contributed by atoms with Gasteiger partial charge in [-0.15, -0.1) is 0 Å². The average molecular weight is 406 g/mol. The number of benzene rings is 2. The predicted molar refractivity (Wildman–Crippen MR) is 103 cm³/mol. The molecule has 0 saturated carbocycles. The van der Waals surface area contributed by atoms with Gasteiger partial charge in [0.05, 0.1) is 32.2 Å². The van der Waals surface area contributed by atoms with Gasteiger partial charge in [-0.05, 0) is 24.5 Å². The third-order valence-electron chi connectivity index (χ3n) is 5.17. The van der Waals surface area contributed by atoms with E-state index in [0.29, 0.717) is 33.3 Å². The van der Waals surface area contributed by atoms with E-state index in [4.69, 9.17) is 23.2 Å². The Labute approximate surface area is 163 Å². The first-order valence-corrected chi connectivity index (χ1v) is 8.98. The zero-order valence-corrected chi connectivity index (χ0v) is 15.3. The van der Waals surface area contributed by atoms with Crippen LogP contribution in [0, 0.1) is 26.1 Å². The zero-order valence-electron chi connectivity index (χ0n) is 13.8. The van der Waals surface area contributed by atoms with E-state index in [1.807, 2.05) is 12.2 Å². The molecule has 0 unspecified atom stereocenters. The number of non-ortho nitro benzene ring substituents is 1. The number of nitrogens with zero attached hydrogens (tertiary/aromatic N) is 2. The van der Waals surface area contributed by atoms with Gasteiger partial charge >= 0.3 is 0 Å². The average Bonchev–Trinajstić information content (AvgIpc) is 3.11. The molecule has 4 rings (SSSR count). The van der Waals surface area contributed by atoms with Crippen LogP contribution in [0.4, 0.5) is 17.1 Å². The van der Waals surface area contributed by atoms with E-state index < -0.39 is 9.85 Å². The highest BCUT2D eigenvalue weighted by atomic mass is 35.5. The summed E-state index contributed by atoms with van der Waals surface area (Å²) >= 11 is 12.7. The van der Waals surface area contributed by atoms with Gasteiger partial charge in [0.25, 0.3) is 11.4 Å². The molecular formula is C18H13Cl2N3O4. The Balaban J connectivity index is 1.89. The Bertz CT molecular complexity index is 1010. The highest BCUT2D eigenvalue weighted by molar-refractivity contribution is 6.33. The van der Waals surface area contributed by atoms with E-state index in [1.54, 1.807) is 0 Å². The van der Waals surface area contributed by atoms with Crippen molar-refractivity contribution in [3.05, 3.63) is 83.9 Å². The van der Waals surface area contributed by atoms with Gasteiger partial charge in [0.1, 0.15) is 0 Å². The molecule has 27 heavy (non-hydrogen) atoms. The molecule has 0 fully saturated rings. The number of rotatable bonds is 3. The fourth-order valence-corrected chi connectivity index (χ4v) is 4.46. The molecular weight excluding hydrogens is 393 g/mol. The van der Waals surface area contributed by atoms with Crippen molar-refractivity contribution in [1.82, 2.24) is 0 Å². The summed E-state index contributed by atoms with van der Waals surface area (Å²) in [5.74, 6) is -0.283. The maximum absolute atomic E-state index is 11.5. The fourth-order valence-electron chi connectivity index (χ4n) is 4.00. The monoisotopic (exact) mass is 405 g/mol. The fraction of sp³-hybridized carbons (Fsp3) is 0.222. The number of nitro benzene ring substituents is 2. The minimum absolute atomic E-state index is 0.00652. The molecule has 1 heterocycles. The number of nitro groups is 2. The SMILES string of the molecule is O=[N+]([O-])c1ccc(Cl)c([C@@H]2Nc3c(Cl)ccc([N+](=O)[O-])c3[C@H]3C=CC[C@@H]32)c1. The van der Waals surface area contributed by atoms with Crippen molar-refractivity contribution in [1.29, 1.82) is 0 Å². The lowest BCUT2D eigenvalue weighted by molar-refractivity contribution is -0.385. The van der Waals surface area contributed by atoms with E-state index in [-0.39, 0.29) is 29.3 Å². The van der Waals surface area contributed by atoms with Gasteiger partial charge in [0.2, 0.25) is 0 Å². The first-order chi connectivity index (χ1) is 12.9. The second-order valence-corrected chi connectivity index (χ2v) is 7.37. The highest BCUT2D eigenvalue weighted by Crippen LogP contribution is 2.55. The maximum Gasteiger partial charge on any atom is 0.275 e. The molecule has 1 aliphatic carbocycles. The van der Waals surface area contributed by atoms with Crippen molar-refractivity contribution >= 4 is 40.3 Å². The minimum Gasteiger partial charge on any atom is -0.376 e. The van der Waals surface area contributed by atoms with E-state index in [2.05, 4.69) is 5.32 Å². The van der Waals surface area contributed by atoms with Crippen molar-refractivity contribution in [2.75, 3.05) is 5.32 Å². The Morgan fingerprint density at radius 3 is 2.48 bits per heavy atom. The Hall–Kier alpha value is -2.64. The second kappa shape index (κ2) is 6.51. The smallest absolute Gasteiger partial charge is 0.275 e. The molecule has 2 aliphatic rings. The van der Waals surface area contributed by atoms with Crippen LogP contribution in [0.5, 0.6) is 0 Å². The summed E-state index contributed by atoms with van der Waals surface area (Å²) in [6.45, 7) is 0. The number of anilines is 1. The van der Waals surface area contributed by atoms with Crippen LogP contribution in [-0.2, 0) is 0 Å². The van der Waals surface area contributed by atoms with Crippen molar-refractivity contribution < 1.29 is 9.85 Å². The third kappa shape index (κ3) is 2.83. The molecule has 0 aromatic heterocycles. The lowest BCUT2D eigenvalue weighted by Gasteiger charge is -2.37. The third-order valence-corrected chi connectivity index (χ3v) is 5.83. The molecule has 1 N–H and O–H groups in total. The Morgan fingerprint density at radius 2 is 1.78 bits per heavy atom. The number of allylic oxidation sites excluding steroid dienone is 2. The summed E-state index contributed by atoms with van der Waals surface area (Å²) < 4.78 is 0. The molecule has 0 radical (unpaired) electrons. The van der Waals surface area contributed by atoms with Crippen LogP contribution in [-0.4, -0.2) is 9.85 Å². The van der Waals surface area contributed by atoms with E-state index in [1.165, 1.54) is 30.3 Å². The van der Waals surface area contributed by atoms with Crippen molar-refractivity contribution in [3.8, 4) is 0 Å². The number of nitrogens with one attached hydrogen (secondary N) is 1. The zero-order chi connectivity index (χ0) is 19.3. The molecule has 3 atom stereocenters. The van der Waals surface area contributed by atoms with Crippen molar-refractivity contribution in [2.24, 2.45) is 5.92 Å². The quantitative estimate of drug-likeness (QED) is 0.404. The lowest BCUT2D eigenvalue weighted by Crippen LogP contribution is -2.30. The largest absolute Gasteiger partial charge is 0.376 e. The maximum atomic E-state index is 11.5. The molecule has 1 aliphatic heterocycles. The topological polar surface area (TPSA) is 98.3 Å². The summed E-state index contributed by atoms with van der Waals surface area (Å²) in [6, 6.07) is 6.84. The second-order valence-electron chi connectivity index (χ2n) is 6.55. The van der Waals surface area contributed by atoms with Crippen LogP contribution >= 0.6 is 23.2 Å². The van der Waals surface area contributed by atoms with E-state index in [9.17, 15) is 20.2 Å². The van der Waals surface area contributed by atoms with E-state index >= 15 is 0 Å². The molecule has 2 aromatic carbocycles. The van der Waals surface area contributed by atoms with Gasteiger partial charge in [0.15, 0.2) is 0 Å². The van der Waals surface area contributed by atoms with Crippen LogP contribution in [0.25, 0.3) is 0 Å². The summed E-state index contributed by atoms with van der Waals surface area (Å²) in [5, 5.41) is 26.7. The van der Waals surface area contributed by atoms with Gasteiger partial charge in [-0.25, -0.2) is 0 Å². The number of hydrogen-bond donors (Lipinski definition) is 1.